The number of rotatable bonds is 4. The molecule has 5 nitrogen and oxygen atoms in total. The minimum absolute atomic E-state index is 0.0833. The largest absolute Gasteiger partial charge is 0.478 e. The SMILES string of the molecule is CC(N)Cc1ccccc1.O=C(O)c1ccc(C(=O)O)cc1. The van der Waals surface area contributed by atoms with Gasteiger partial charge < -0.3 is 15.9 Å². The standard InChI is InChI=1S/C9H13N.C8H6O4/c1-8(10)7-9-5-3-2-4-6-9;9-7(10)5-1-2-6(4-3-5)8(11)12/h2-6,8H,7,10H2,1H3;1-4H,(H,9,10)(H,11,12). The van der Waals surface area contributed by atoms with Crippen molar-refractivity contribution in [3.8, 4) is 0 Å². The van der Waals surface area contributed by atoms with E-state index >= 15 is 0 Å². The normalized spacial score (nSPS) is 11.0. The van der Waals surface area contributed by atoms with Gasteiger partial charge in [0.1, 0.15) is 0 Å². The number of hydrogen-bond donors (Lipinski definition) is 3. The number of hydrogen-bond acceptors (Lipinski definition) is 3. The zero-order valence-corrected chi connectivity index (χ0v) is 12.3. The van der Waals surface area contributed by atoms with Crippen molar-refractivity contribution in [1.82, 2.24) is 0 Å². The second-order valence-electron chi connectivity index (χ2n) is 4.85. The fourth-order valence-corrected chi connectivity index (χ4v) is 1.74. The summed E-state index contributed by atoms with van der Waals surface area (Å²) in [7, 11) is 0. The monoisotopic (exact) mass is 301 g/mol. The molecule has 22 heavy (non-hydrogen) atoms. The molecule has 0 aliphatic carbocycles. The lowest BCUT2D eigenvalue weighted by Gasteiger charge is -2.02. The minimum Gasteiger partial charge on any atom is -0.478 e. The fraction of sp³-hybridized carbons (Fsp3) is 0.176. The molecule has 0 heterocycles. The second kappa shape index (κ2) is 8.59. The quantitative estimate of drug-likeness (QED) is 0.806. The fourth-order valence-electron chi connectivity index (χ4n) is 1.74. The van der Waals surface area contributed by atoms with E-state index in [1.54, 1.807) is 0 Å². The van der Waals surface area contributed by atoms with Crippen molar-refractivity contribution in [1.29, 1.82) is 0 Å². The van der Waals surface area contributed by atoms with Crippen molar-refractivity contribution in [2.75, 3.05) is 0 Å². The maximum atomic E-state index is 10.3. The van der Waals surface area contributed by atoms with Crippen LogP contribution >= 0.6 is 0 Å². The van der Waals surface area contributed by atoms with Crippen LogP contribution in [0, 0.1) is 0 Å². The Labute approximate surface area is 129 Å². The molecule has 116 valence electrons. The van der Waals surface area contributed by atoms with Gasteiger partial charge in [0, 0.05) is 6.04 Å². The van der Waals surface area contributed by atoms with Crippen LogP contribution < -0.4 is 5.73 Å². The zero-order valence-electron chi connectivity index (χ0n) is 12.3. The van der Waals surface area contributed by atoms with Gasteiger partial charge >= 0.3 is 11.9 Å². The summed E-state index contributed by atoms with van der Waals surface area (Å²) in [5.41, 5.74) is 7.11. The Kier molecular flexibility index (Phi) is 6.79. The second-order valence-corrected chi connectivity index (χ2v) is 4.85. The number of carbonyl (C=O) groups is 2. The number of carboxylic acid groups (broad SMARTS) is 2. The molecule has 0 radical (unpaired) electrons. The number of nitrogens with two attached hydrogens (primary N) is 1. The Morgan fingerprint density at radius 3 is 1.64 bits per heavy atom. The molecule has 0 bridgehead atoms. The van der Waals surface area contributed by atoms with Crippen molar-refractivity contribution in [2.45, 2.75) is 19.4 Å². The molecule has 0 amide bonds. The first kappa shape index (κ1) is 17.4. The summed E-state index contributed by atoms with van der Waals surface area (Å²) in [6.45, 7) is 2.02. The van der Waals surface area contributed by atoms with Gasteiger partial charge in [-0.25, -0.2) is 9.59 Å². The molecule has 0 spiro atoms. The summed E-state index contributed by atoms with van der Waals surface area (Å²) in [5.74, 6) is -2.13. The highest BCUT2D eigenvalue weighted by Gasteiger charge is 2.04. The molecule has 2 rings (SSSR count). The van der Waals surface area contributed by atoms with Crippen LogP contribution in [0.25, 0.3) is 0 Å². The highest BCUT2D eigenvalue weighted by molar-refractivity contribution is 5.91. The van der Waals surface area contributed by atoms with Crippen LogP contribution in [0.5, 0.6) is 0 Å². The predicted molar refractivity (Wildman–Crippen MR) is 84.2 cm³/mol. The predicted octanol–water partition coefficient (Wildman–Crippen LogP) is 2.66. The summed E-state index contributed by atoms with van der Waals surface area (Å²) in [6.07, 6.45) is 0.973. The number of carboxylic acids is 2. The molecule has 0 aliphatic heterocycles. The number of benzene rings is 2. The highest BCUT2D eigenvalue weighted by atomic mass is 16.4. The van der Waals surface area contributed by atoms with E-state index < -0.39 is 11.9 Å². The van der Waals surface area contributed by atoms with Crippen LogP contribution in [0.3, 0.4) is 0 Å². The molecule has 4 N–H and O–H groups in total. The van der Waals surface area contributed by atoms with Gasteiger partial charge in [0.2, 0.25) is 0 Å². The zero-order chi connectivity index (χ0) is 16.5. The molecular weight excluding hydrogens is 282 g/mol. The Morgan fingerprint density at radius 1 is 0.909 bits per heavy atom. The van der Waals surface area contributed by atoms with Gasteiger partial charge in [-0.05, 0) is 43.2 Å². The number of aromatic carboxylic acids is 2. The topological polar surface area (TPSA) is 101 Å². The molecule has 1 unspecified atom stereocenters. The Hall–Kier alpha value is -2.66. The Bertz CT molecular complexity index is 573. The van der Waals surface area contributed by atoms with E-state index in [1.165, 1.54) is 29.8 Å². The first-order valence-electron chi connectivity index (χ1n) is 6.76. The van der Waals surface area contributed by atoms with Crippen LogP contribution in [-0.4, -0.2) is 28.2 Å². The molecule has 0 fully saturated rings. The van der Waals surface area contributed by atoms with Gasteiger partial charge in [0.25, 0.3) is 0 Å². The van der Waals surface area contributed by atoms with E-state index in [4.69, 9.17) is 15.9 Å². The molecule has 1 atom stereocenters. The van der Waals surface area contributed by atoms with E-state index in [-0.39, 0.29) is 17.2 Å². The lowest BCUT2D eigenvalue weighted by atomic mass is 10.1. The van der Waals surface area contributed by atoms with Gasteiger partial charge in [-0.1, -0.05) is 30.3 Å². The average molecular weight is 301 g/mol. The molecule has 0 saturated heterocycles. The van der Waals surface area contributed by atoms with Crippen LogP contribution in [0.2, 0.25) is 0 Å². The van der Waals surface area contributed by atoms with Crippen LogP contribution in [-0.2, 0) is 6.42 Å². The maximum Gasteiger partial charge on any atom is 0.335 e. The van der Waals surface area contributed by atoms with Gasteiger partial charge in [-0.15, -0.1) is 0 Å². The summed E-state index contributed by atoms with van der Waals surface area (Å²) < 4.78 is 0. The lowest BCUT2D eigenvalue weighted by Crippen LogP contribution is -2.17. The van der Waals surface area contributed by atoms with E-state index in [0.717, 1.165) is 6.42 Å². The third-order valence-electron chi connectivity index (χ3n) is 2.78. The van der Waals surface area contributed by atoms with Gasteiger partial charge in [0.05, 0.1) is 11.1 Å². The van der Waals surface area contributed by atoms with Crippen molar-refractivity contribution < 1.29 is 19.8 Å². The molecule has 2 aromatic rings. The summed E-state index contributed by atoms with van der Waals surface area (Å²) >= 11 is 0. The smallest absolute Gasteiger partial charge is 0.335 e. The van der Waals surface area contributed by atoms with Gasteiger partial charge in [-0.3, -0.25) is 0 Å². The first-order valence-corrected chi connectivity index (χ1v) is 6.76. The molecule has 5 heteroatoms. The van der Waals surface area contributed by atoms with Crippen molar-refractivity contribution >= 4 is 11.9 Å². The van der Waals surface area contributed by atoms with Crippen molar-refractivity contribution in [3.05, 3.63) is 71.3 Å². The molecule has 0 aromatic heterocycles. The highest BCUT2D eigenvalue weighted by Crippen LogP contribution is 2.03. The van der Waals surface area contributed by atoms with Crippen LogP contribution in [0.4, 0.5) is 0 Å². The summed E-state index contributed by atoms with van der Waals surface area (Å²) in [4.78, 5) is 20.7. The summed E-state index contributed by atoms with van der Waals surface area (Å²) in [5, 5.41) is 16.9. The lowest BCUT2D eigenvalue weighted by molar-refractivity contribution is 0.0681. The van der Waals surface area contributed by atoms with E-state index in [0.29, 0.717) is 0 Å². The molecule has 2 aromatic carbocycles. The maximum absolute atomic E-state index is 10.3. The molecular formula is C17H19NO4. The summed E-state index contributed by atoms with van der Waals surface area (Å²) in [6, 6.07) is 15.6. The van der Waals surface area contributed by atoms with Crippen molar-refractivity contribution in [2.24, 2.45) is 5.73 Å². The molecule has 0 aliphatic rings. The third-order valence-corrected chi connectivity index (χ3v) is 2.78. The van der Waals surface area contributed by atoms with E-state index in [9.17, 15) is 9.59 Å². The third kappa shape index (κ3) is 6.19. The Morgan fingerprint density at radius 2 is 1.32 bits per heavy atom. The average Bonchev–Trinajstić information content (AvgIpc) is 2.48. The van der Waals surface area contributed by atoms with Gasteiger partial charge in [-0.2, -0.15) is 0 Å². The minimum atomic E-state index is -1.06. The van der Waals surface area contributed by atoms with E-state index in [2.05, 4.69) is 12.1 Å². The van der Waals surface area contributed by atoms with Crippen molar-refractivity contribution in [3.63, 3.8) is 0 Å². The van der Waals surface area contributed by atoms with Crippen LogP contribution in [0.15, 0.2) is 54.6 Å². The van der Waals surface area contributed by atoms with Crippen LogP contribution in [0.1, 0.15) is 33.2 Å². The van der Waals surface area contributed by atoms with Gasteiger partial charge in [0.15, 0.2) is 0 Å². The molecule has 0 saturated carbocycles. The van der Waals surface area contributed by atoms with E-state index in [1.807, 2.05) is 25.1 Å². The Balaban J connectivity index is 0.000000224. The first-order chi connectivity index (χ1) is 10.4.